The van der Waals surface area contributed by atoms with E-state index in [2.05, 4.69) is 54.1 Å². The second-order valence-corrected chi connectivity index (χ2v) is 7.72. The Bertz CT molecular complexity index is 1100. The fourth-order valence-electron chi connectivity index (χ4n) is 4.03. The Morgan fingerprint density at radius 1 is 0.903 bits per heavy atom. The highest BCUT2D eigenvalue weighted by atomic mass is 16.5. The zero-order valence-electron chi connectivity index (χ0n) is 17.1. The van der Waals surface area contributed by atoms with E-state index in [1.165, 1.54) is 11.1 Å². The molecule has 156 valence electrons. The van der Waals surface area contributed by atoms with Gasteiger partial charge in [-0.2, -0.15) is 0 Å². The van der Waals surface area contributed by atoms with E-state index >= 15 is 0 Å². The number of aromatic nitrogens is 5. The first-order valence-electron chi connectivity index (χ1n) is 10.5. The van der Waals surface area contributed by atoms with Gasteiger partial charge in [0.05, 0.1) is 24.8 Å². The lowest BCUT2D eigenvalue weighted by atomic mass is 9.95. The Morgan fingerprint density at radius 2 is 1.71 bits per heavy atom. The summed E-state index contributed by atoms with van der Waals surface area (Å²) in [7, 11) is 0. The van der Waals surface area contributed by atoms with Gasteiger partial charge in [-0.15, -0.1) is 0 Å². The molecule has 1 aliphatic heterocycles. The molecular formula is C24H24N6O. The maximum atomic E-state index is 5.84. The molecule has 1 aliphatic rings. The summed E-state index contributed by atoms with van der Waals surface area (Å²) in [6, 6.07) is 14.6. The second kappa shape index (κ2) is 9.06. The van der Waals surface area contributed by atoms with E-state index in [4.69, 9.17) is 4.74 Å². The molecular weight excluding hydrogens is 388 g/mol. The lowest BCUT2D eigenvalue weighted by molar-refractivity contribution is 0.181. The van der Waals surface area contributed by atoms with Crippen LogP contribution in [0.15, 0.2) is 79.6 Å². The van der Waals surface area contributed by atoms with Gasteiger partial charge in [0.2, 0.25) is 5.95 Å². The average Bonchev–Trinajstić information content (AvgIpc) is 3.49. The SMILES string of the molecule is c1ccc(CNc2ncc(-c3nccn3[C@@H]3COC[C@H]3Cc3ccncc3)cn2)cc1. The molecule has 0 amide bonds. The smallest absolute Gasteiger partial charge is 0.222 e. The molecule has 7 nitrogen and oxygen atoms in total. The minimum absolute atomic E-state index is 0.224. The van der Waals surface area contributed by atoms with Crippen LogP contribution in [0.3, 0.4) is 0 Å². The number of benzene rings is 1. The highest BCUT2D eigenvalue weighted by molar-refractivity contribution is 5.54. The third kappa shape index (κ3) is 4.46. The molecule has 0 bridgehead atoms. The van der Waals surface area contributed by atoms with Crippen molar-refractivity contribution in [3.8, 4) is 11.4 Å². The molecule has 31 heavy (non-hydrogen) atoms. The van der Waals surface area contributed by atoms with Crippen molar-refractivity contribution < 1.29 is 4.74 Å². The fourth-order valence-corrected chi connectivity index (χ4v) is 4.03. The van der Waals surface area contributed by atoms with E-state index in [9.17, 15) is 0 Å². The van der Waals surface area contributed by atoms with Crippen LogP contribution in [0, 0.1) is 5.92 Å². The van der Waals surface area contributed by atoms with E-state index in [0.717, 1.165) is 24.4 Å². The highest BCUT2D eigenvalue weighted by Gasteiger charge is 2.31. The summed E-state index contributed by atoms with van der Waals surface area (Å²) in [4.78, 5) is 17.7. The van der Waals surface area contributed by atoms with Crippen LogP contribution in [0.25, 0.3) is 11.4 Å². The summed E-state index contributed by atoms with van der Waals surface area (Å²) in [5.41, 5.74) is 3.35. The van der Waals surface area contributed by atoms with Gasteiger partial charge in [0.25, 0.3) is 0 Å². The van der Waals surface area contributed by atoms with Crippen LogP contribution in [-0.2, 0) is 17.7 Å². The summed E-state index contributed by atoms with van der Waals surface area (Å²) < 4.78 is 8.05. The molecule has 4 heterocycles. The fraction of sp³-hybridized carbons (Fsp3) is 0.250. The van der Waals surface area contributed by atoms with Crippen LogP contribution >= 0.6 is 0 Å². The molecule has 0 unspecified atom stereocenters. The van der Waals surface area contributed by atoms with Gasteiger partial charge in [0.15, 0.2) is 0 Å². The standard InChI is InChI=1S/C24H24N6O/c1-2-4-19(5-3-1)13-27-24-28-14-21(15-29-24)23-26-10-11-30(23)22-17-31-16-20(22)12-18-6-8-25-9-7-18/h1-11,14-15,20,22H,12-13,16-17H2,(H,27,28,29)/t20-,22-/m1/s1. The Labute approximate surface area is 181 Å². The maximum absolute atomic E-state index is 5.84. The third-order valence-electron chi connectivity index (χ3n) is 5.64. The molecule has 0 aliphatic carbocycles. The Hall–Kier alpha value is -3.58. The van der Waals surface area contributed by atoms with E-state index in [1.807, 2.05) is 55.4 Å². The molecule has 0 saturated carbocycles. The summed E-state index contributed by atoms with van der Waals surface area (Å²) in [6.45, 7) is 2.10. The lowest BCUT2D eigenvalue weighted by Gasteiger charge is -2.21. The molecule has 2 atom stereocenters. The van der Waals surface area contributed by atoms with Crippen LogP contribution in [0.4, 0.5) is 5.95 Å². The molecule has 0 radical (unpaired) electrons. The van der Waals surface area contributed by atoms with Crippen LogP contribution < -0.4 is 5.32 Å². The quantitative estimate of drug-likeness (QED) is 0.498. The number of anilines is 1. The highest BCUT2D eigenvalue weighted by Crippen LogP contribution is 2.32. The Kier molecular flexibility index (Phi) is 5.66. The van der Waals surface area contributed by atoms with Crippen LogP contribution in [0.1, 0.15) is 17.2 Å². The molecule has 4 aromatic rings. The number of hydrogen-bond acceptors (Lipinski definition) is 6. The minimum Gasteiger partial charge on any atom is -0.379 e. The van der Waals surface area contributed by atoms with Gasteiger partial charge in [0, 0.05) is 49.6 Å². The number of nitrogens with one attached hydrogen (secondary N) is 1. The number of pyridine rings is 1. The third-order valence-corrected chi connectivity index (χ3v) is 5.64. The van der Waals surface area contributed by atoms with Crippen LogP contribution in [0.5, 0.6) is 0 Å². The van der Waals surface area contributed by atoms with Gasteiger partial charge in [-0.05, 0) is 29.7 Å². The normalized spacial score (nSPS) is 18.2. The van der Waals surface area contributed by atoms with Crippen molar-refractivity contribution in [2.24, 2.45) is 5.92 Å². The average molecular weight is 412 g/mol. The first kappa shape index (κ1) is 19.4. The van der Waals surface area contributed by atoms with E-state index < -0.39 is 0 Å². The monoisotopic (exact) mass is 412 g/mol. The summed E-state index contributed by atoms with van der Waals surface area (Å²) in [5, 5.41) is 3.26. The van der Waals surface area contributed by atoms with Crippen molar-refractivity contribution in [3.63, 3.8) is 0 Å². The molecule has 0 spiro atoms. The molecule has 1 fully saturated rings. The number of ether oxygens (including phenoxy) is 1. The minimum atomic E-state index is 0.224. The molecule has 1 N–H and O–H groups in total. The van der Waals surface area contributed by atoms with Crippen molar-refractivity contribution in [3.05, 3.63) is 90.8 Å². The Balaban J connectivity index is 1.30. The number of hydrogen-bond donors (Lipinski definition) is 1. The van der Waals surface area contributed by atoms with Crippen molar-refractivity contribution in [2.75, 3.05) is 18.5 Å². The van der Waals surface area contributed by atoms with Gasteiger partial charge in [-0.3, -0.25) is 4.98 Å². The summed E-state index contributed by atoms with van der Waals surface area (Å²) in [5.74, 6) is 1.85. The van der Waals surface area contributed by atoms with Gasteiger partial charge in [0.1, 0.15) is 5.82 Å². The second-order valence-electron chi connectivity index (χ2n) is 7.72. The largest absolute Gasteiger partial charge is 0.379 e. The van der Waals surface area contributed by atoms with E-state index in [-0.39, 0.29) is 6.04 Å². The predicted octanol–water partition coefficient (Wildman–Crippen LogP) is 3.78. The van der Waals surface area contributed by atoms with Gasteiger partial charge in [-0.25, -0.2) is 15.0 Å². The first-order valence-corrected chi connectivity index (χ1v) is 10.5. The van der Waals surface area contributed by atoms with Crippen molar-refractivity contribution in [1.29, 1.82) is 0 Å². The van der Waals surface area contributed by atoms with Crippen molar-refractivity contribution >= 4 is 5.95 Å². The zero-order chi connectivity index (χ0) is 20.9. The van der Waals surface area contributed by atoms with Crippen molar-refractivity contribution in [1.82, 2.24) is 24.5 Å². The van der Waals surface area contributed by atoms with Gasteiger partial charge < -0.3 is 14.6 Å². The topological polar surface area (TPSA) is 77.8 Å². The molecule has 5 rings (SSSR count). The first-order chi connectivity index (χ1) is 15.4. The molecule has 7 heteroatoms. The number of rotatable bonds is 7. The molecule has 1 aromatic carbocycles. The van der Waals surface area contributed by atoms with Crippen LogP contribution in [-0.4, -0.2) is 37.7 Å². The van der Waals surface area contributed by atoms with E-state index in [0.29, 0.717) is 25.0 Å². The summed E-state index contributed by atoms with van der Waals surface area (Å²) >= 11 is 0. The van der Waals surface area contributed by atoms with Crippen molar-refractivity contribution in [2.45, 2.75) is 19.0 Å². The van der Waals surface area contributed by atoms with Crippen LogP contribution in [0.2, 0.25) is 0 Å². The van der Waals surface area contributed by atoms with Gasteiger partial charge in [-0.1, -0.05) is 30.3 Å². The number of nitrogens with zero attached hydrogens (tertiary/aromatic N) is 5. The predicted molar refractivity (Wildman–Crippen MR) is 118 cm³/mol. The summed E-state index contributed by atoms with van der Waals surface area (Å²) in [6.07, 6.45) is 12.1. The molecule has 1 saturated heterocycles. The molecule has 3 aromatic heterocycles. The van der Waals surface area contributed by atoms with E-state index in [1.54, 1.807) is 0 Å². The number of imidazole rings is 1. The van der Waals surface area contributed by atoms with Gasteiger partial charge >= 0.3 is 0 Å². The zero-order valence-corrected chi connectivity index (χ0v) is 17.1. The Morgan fingerprint density at radius 3 is 2.52 bits per heavy atom. The lowest BCUT2D eigenvalue weighted by Crippen LogP contribution is -2.20. The maximum Gasteiger partial charge on any atom is 0.222 e.